The molecule has 0 amide bonds. The summed E-state index contributed by atoms with van der Waals surface area (Å²) in [6.45, 7) is 1.97. The van der Waals surface area contributed by atoms with Crippen molar-refractivity contribution in [2.24, 2.45) is 14.1 Å². The van der Waals surface area contributed by atoms with Crippen LogP contribution in [0.5, 0.6) is 5.75 Å². The van der Waals surface area contributed by atoms with Gasteiger partial charge in [0.25, 0.3) is 0 Å². The Labute approximate surface area is 127 Å². The number of rotatable bonds is 3. The zero-order chi connectivity index (χ0) is 16.0. The van der Waals surface area contributed by atoms with Crippen molar-refractivity contribution < 1.29 is 14.6 Å². The molecule has 3 rings (SSSR count). The van der Waals surface area contributed by atoms with Crippen molar-refractivity contribution in [2.75, 3.05) is 7.11 Å². The van der Waals surface area contributed by atoms with E-state index in [0.29, 0.717) is 5.69 Å². The van der Waals surface area contributed by atoms with Crippen molar-refractivity contribution in [2.45, 2.75) is 6.92 Å². The first-order valence-electron chi connectivity index (χ1n) is 6.84. The van der Waals surface area contributed by atoms with Gasteiger partial charge in [-0.25, -0.2) is 4.79 Å². The summed E-state index contributed by atoms with van der Waals surface area (Å²) in [6.07, 6.45) is 1.39. The summed E-state index contributed by atoms with van der Waals surface area (Å²) in [4.78, 5) is 11.5. The van der Waals surface area contributed by atoms with E-state index < -0.39 is 5.97 Å². The van der Waals surface area contributed by atoms with Gasteiger partial charge < -0.3 is 14.4 Å². The first-order chi connectivity index (χ1) is 10.5. The summed E-state index contributed by atoms with van der Waals surface area (Å²) in [5, 5.41) is 14.5. The molecule has 0 radical (unpaired) electrons. The van der Waals surface area contributed by atoms with E-state index in [1.807, 2.05) is 36.7 Å². The van der Waals surface area contributed by atoms with Crippen molar-refractivity contribution in [1.82, 2.24) is 14.3 Å². The lowest BCUT2D eigenvalue weighted by atomic mass is 10.0. The molecule has 0 saturated carbocycles. The zero-order valence-electron chi connectivity index (χ0n) is 12.9. The number of carboxylic acid groups (broad SMARTS) is 1. The molecule has 6 nitrogen and oxygen atoms in total. The summed E-state index contributed by atoms with van der Waals surface area (Å²) in [7, 11) is 5.33. The zero-order valence-corrected chi connectivity index (χ0v) is 12.9. The number of benzene rings is 1. The van der Waals surface area contributed by atoms with Crippen LogP contribution < -0.4 is 4.74 Å². The highest BCUT2D eigenvalue weighted by molar-refractivity contribution is 6.04. The summed E-state index contributed by atoms with van der Waals surface area (Å²) in [5.41, 5.74) is 3.67. The predicted molar refractivity (Wildman–Crippen MR) is 83.4 cm³/mol. The lowest BCUT2D eigenvalue weighted by Gasteiger charge is -2.06. The normalized spacial score (nSPS) is 11.1. The van der Waals surface area contributed by atoms with Gasteiger partial charge in [0, 0.05) is 36.3 Å². The van der Waals surface area contributed by atoms with E-state index in [2.05, 4.69) is 5.10 Å². The Morgan fingerprint density at radius 2 is 2.05 bits per heavy atom. The van der Waals surface area contributed by atoms with Crippen LogP contribution in [0.15, 0.2) is 24.4 Å². The molecule has 0 aliphatic rings. The number of carboxylic acids is 1. The van der Waals surface area contributed by atoms with Crippen LogP contribution in [0.25, 0.3) is 22.2 Å². The van der Waals surface area contributed by atoms with Crippen LogP contribution in [-0.2, 0) is 14.1 Å². The number of aromatic nitrogens is 3. The third-order valence-corrected chi connectivity index (χ3v) is 4.11. The summed E-state index contributed by atoms with van der Waals surface area (Å²) >= 11 is 0. The minimum atomic E-state index is -0.984. The average Bonchev–Trinajstić information content (AvgIpc) is 2.98. The van der Waals surface area contributed by atoms with E-state index in [-0.39, 0.29) is 5.56 Å². The van der Waals surface area contributed by atoms with Gasteiger partial charge in [-0.05, 0) is 25.1 Å². The third-order valence-electron chi connectivity index (χ3n) is 4.11. The van der Waals surface area contributed by atoms with Gasteiger partial charge >= 0.3 is 5.97 Å². The summed E-state index contributed by atoms with van der Waals surface area (Å²) < 4.78 is 8.95. The number of aryl methyl sites for hydroxylation is 2. The Balaban J connectivity index is 2.43. The quantitative estimate of drug-likeness (QED) is 0.807. The van der Waals surface area contributed by atoms with Gasteiger partial charge in [-0.3, -0.25) is 4.68 Å². The van der Waals surface area contributed by atoms with Crippen molar-refractivity contribution in [3.05, 3.63) is 35.7 Å². The lowest BCUT2D eigenvalue weighted by Crippen LogP contribution is -2.02. The van der Waals surface area contributed by atoms with E-state index in [9.17, 15) is 9.90 Å². The highest BCUT2D eigenvalue weighted by atomic mass is 16.5. The molecule has 114 valence electrons. The second-order valence-electron chi connectivity index (χ2n) is 5.24. The fourth-order valence-corrected chi connectivity index (χ4v) is 2.87. The van der Waals surface area contributed by atoms with Crippen molar-refractivity contribution in [3.8, 4) is 17.0 Å². The fourth-order valence-electron chi connectivity index (χ4n) is 2.87. The molecule has 22 heavy (non-hydrogen) atoms. The minimum Gasteiger partial charge on any atom is -0.497 e. The predicted octanol–water partition coefficient (Wildman–Crippen LogP) is 2.59. The van der Waals surface area contributed by atoms with Crippen LogP contribution in [0, 0.1) is 6.92 Å². The van der Waals surface area contributed by atoms with Crippen LogP contribution in [0.2, 0.25) is 0 Å². The molecule has 2 aromatic heterocycles. The number of aromatic carboxylic acids is 1. The van der Waals surface area contributed by atoms with Gasteiger partial charge in [-0.2, -0.15) is 5.10 Å². The SMILES string of the molecule is COc1ccc2c(c1)c(-c1c(C(=O)O)cnn1C)c(C)n2C. The first-order valence-corrected chi connectivity index (χ1v) is 6.84. The molecule has 0 saturated heterocycles. The average molecular weight is 299 g/mol. The van der Waals surface area contributed by atoms with E-state index in [1.54, 1.807) is 18.8 Å². The number of methoxy groups -OCH3 is 1. The Kier molecular flexibility index (Phi) is 3.16. The van der Waals surface area contributed by atoms with Crippen molar-refractivity contribution in [1.29, 1.82) is 0 Å². The molecule has 2 heterocycles. The van der Waals surface area contributed by atoms with E-state index >= 15 is 0 Å². The standard InChI is InChI=1S/C16H17N3O3/c1-9-14(15-12(16(20)21)8-17-19(15)3)11-7-10(22-4)5-6-13(11)18(9)2/h5-8H,1-4H3,(H,20,21). The van der Waals surface area contributed by atoms with E-state index in [1.165, 1.54) is 6.20 Å². The van der Waals surface area contributed by atoms with Crippen LogP contribution in [0.4, 0.5) is 0 Å². The number of ether oxygens (including phenoxy) is 1. The third kappa shape index (κ3) is 1.88. The molecule has 0 atom stereocenters. The lowest BCUT2D eigenvalue weighted by molar-refractivity contribution is 0.0697. The Hall–Kier alpha value is -2.76. The molecule has 6 heteroatoms. The molecule has 0 bridgehead atoms. The molecule has 0 spiro atoms. The number of carbonyl (C=O) groups is 1. The topological polar surface area (TPSA) is 69.3 Å². The second-order valence-corrected chi connectivity index (χ2v) is 5.24. The van der Waals surface area contributed by atoms with Crippen molar-refractivity contribution >= 4 is 16.9 Å². The van der Waals surface area contributed by atoms with Crippen molar-refractivity contribution in [3.63, 3.8) is 0 Å². The molecule has 3 aromatic rings. The smallest absolute Gasteiger partial charge is 0.339 e. The van der Waals surface area contributed by atoms with Gasteiger partial charge in [0.1, 0.15) is 11.3 Å². The van der Waals surface area contributed by atoms with Gasteiger partial charge in [0.15, 0.2) is 0 Å². The van der Waals surface area contributed by atoms with Crippen LogP contribution >= 0.6 is 0 Å². The Morgan fingerprint density at radius 3 is 2.68 bits per heavy atom. The Morgan fingerprint density at radius 1 is 1.32 bits per heavy atom. The molecular weight excluding hydrogens is 282 g/mol. The highest BCUT2D eigenvalue weighted by Gasteiger charge is 2.23. The molecule has 0 unspecified atom stereocenters. The number of hydrogen-bond donors (Lipinski definition) is 1. The largest absolute Gasteiger partial charge is 0.497 e. The number of hydrogen-bond acceptors (Lipinski definition) is 3. The number of nitrogens with zero attached hydrogens (tertiary/aromatic N) is 3. The van der Waals surface area contributed by atoms with Crippen LogP contribution in [0.3, 0.4) is 0 Å². The Bertz CT molecular complexity index is 890. The van der Waals surface area contributed by atoms with Gasteiger partial charge in [-0.15, -0.1) is 0 Å². The van der Waals surface area contributed by atoms with Gasteiger partial charge in [-0.1, -0.05) is 0 Å². The minimum absolute atomic E-state index is 0.195. The fraction of sp³-hybridized carbons (Fsp3) is 0.250. The number of fused-ring (bicyclic) bond motifs is 1. The van der Waals surface area contributed by atoms with E-state index in [4.69, 9.17) is 4.74 Å². The molecule has 0 aliphatic carbocycles. The van der Waals surface area contributed by atoms with Gasteiger partial charge in [0.2, 0.25) is 0 Å². The van der Waals surface area contributed by atoms with Gasteiger partial charge in [0.05, 0.1) is 19.0 Å². The molecule has 0 aliphatic heterocycles. The molecule has 1 N–H and O–H groups in total. The van der Waals surface area contributed by atoms with Crippen LogP contribution in [-0.4, -0.2) is 32.5 Å². The first kappa shape index (κ1) is 14.2. The molecule has 0 fully saturated rings. The monoisotopic (exact) mass is 299 g/mol. The summed E-state index contributed by atoms with van der Waals surface area (Å²) in [6, 6.07) is 5.80. The molecular formula is C16H17N3O3. The second kappa shape index (κ2) is 4.91. The van der Waals surface area contributed by atoms with Crippen LogP contribution in [0.1, 0.15) is 16.1 Å². The maximum absolute atomic E-state index is 11.5. The summed E-state index contributed by atoms with van der Waals surface area (Å²) in [5.74, 6) is -0.249. The maximum Gasteiger partial charge on any atom is 0.339 e. The van der Waals surface area contributed by atoms with E-state index in [0.717, 1.165) is 27.9 Å². The molecule has 1 aromatic carbocycles. The highest BCUT2D eigenvalue weighted by Crippen LogP contribution is 2.37. The maximum atomic E-state index is 11.5.